The molecule has 4 nitrogen and oxygen atoms in total. The Labute approximate surface area is 169 Å². The smallest absolute Gasteiger partial charge is 0.0738 e. The van der Waals surface area contributed by atoms with E-state index in [9.17, 15) is 0 Å². The second kappa shape index (κ2) is 8.55. The van der Waals surface area contributed by atoms with Gasteiger partial charge in [0, 0.05) is 17.6 Å². The quantitative estimate of drug-likeness (QED) is 0.347. The molecule has 0 spiro atoms. The molecule has 0 atom stereocenters. The Hall–Kier alpha value is -3.37. The van der Waals surface area contributed by atoms with E-state index in [1.807, 2.05) is 102 Å². The number of hydrazone groups is 1. The van der Waals surface area contributed by atoms with Crippen LogP contribution in [-0.4, -0.2) is 15.5 Å². The van der Waals surface area contributed by atoms with Gasteiger partial charge in [-0.2, -0.15) is 10.2 Å². The average Bonchev–Trinajstić information content (AvgIpc) is 3.21. The molecule has 0 radical (unpaired) electrons. The molecule has 0 fully saturated rings. The second-order valence-electron chi connectivity index (χ2n) is 6.29. The molecule has 5 heteroatoms. The summed E-state index contributed by atoms with van der Waals surface area (Å²) in [5.74, 6) is 0. The molecule has 1 N–H and O–H groups in total. The number of nitrogens with one attached hydrogen (secondary N) is 1. The van der Waals surface area contributed by atoms with Gasteiger partial charge in [-0.1, -0.05) is 60.1 Å². The molecule has 138 valence electrons. The van der Waals surface area contributed by atoms with Crippen LogP contribution in [0, 0.1) is 0 Å². The van der Waals surface area contributed by atoms with E-state index in [1.165, 1.54) is 0 Å². The fourth-order valence-corrected chi connectivity index (χ4v) is 3.06. The van der Waals surface area contributed by atoms with E-state index in [0.29, 0.717) is 11.4 Å². The largest absolute Gasteiger partial charge is 0.278 e. The first-order valence-corrected chi connectivity index (χ1v) is 9.39. The maximum absolute atomic E-state index is 6.07. The molecule has 1 aromatic heterocycles. The van der Waals surface area contributed by atoms with Crippen LogP contribution in [0.3, 0.4) is 0 Å². The van der Waals surface area contributed by atoms with Crippen molar-refractivity contribution in [1.82, 2.24) is 9.78 Å². The Morgan fingerprint density at radius 2 is 1.54 bits per heavy atom. The number of nitrogens with zero attached hydrogens (tertiary/aromatic N) is 3. The molecule has 28 heavy (non-hydrogen) atoms. The topological polar surface area (TPSA) is 42.2 Å². The molecular formula is C23H19ClN4. The SMILES string of the molecule is Clc1ccc(/C(Cc2ccnn2-c2ccccc2)=N\Nc2ccccc2)cc1. The van der Waals surface area contributed by atoms with Crippen LogP contribution in [0.1, 0.15) is 11.3 Å². The third kappa shape index (κ3) is 4.30. The minimum Gasteiger partial charge on any atom is -0.278 e. The van der Waals surface area contributed by atoms with Gasteiger partial charge >= 0.3 is 0 Å². The molecule has 0 bridgehead atoms. The van der Waals surface area contributed by atoms with Gasteiger partial charge in [-0.3, -0.25) is 5.43 Å². The summed E-state index contributed by atoms with van der Waals surface area (Å²) in [7, 11) is 0. The molecule has 1 heterocycles. The highest BCUT2D eigenvalue weighted by molar-refractivity contribution is 6.30. The zero-order chi connectivity index (χ0) is 19.2. The van der Waals surface area contributed by atoms with E-state index < -0.39 is 0 Å². The lowest BCUT2D eigenvalue weighted by Gasteiger charge is -2.11. The van der Waals surface area contributed by atoms with Crippen LogP contribution in [0.15, 0.2) is 102 Å². The van der Waals surface area contributed by atoms with E-state index in [-0.39, 0.29) is 0 Å². The van der Waals surface area contributed by atoms with Crippen molar-refractivity contribution in [3.05, 3.63) is 113 Å². The lowest BCUT2D eigenvalue weighted by molar-refractivity contribution is 0.835. The predicted molar refractivity (Wildman–Crippen MR) is 115 cm³/mol. The Bertz CT molecular complexity index is 1050. The third-order valence-electron chi connectivity index (χ3n) is 4.34. The number of benzene rings is 3. The van der Waals surface area contributed by atoms with E-state index in [1.54, 1.807) is 0 Å². The summed E-state index contributed by atoms with van der Waals surface area (Å²) in [5, 5.41) is 9.87. The Morgan fingerprint density at radius 1 is 0.857 bits per heavy atom. The zero-order valence-corrected chi connectivity index (χ0v) is 15.9. The molecule has 0 aliphatic rings. The van der Waals surface area contributed by atoms with Gasteiger partial charge < -0.3 is 0 Å². The van der Waals surface area contributed by atoms with Gasteiger partial charge in [-0.05, 0) is 48.0 Å². The summed E-state index contributed by atoms with van der Waals surface area (Å²) in [4.78, 5) is 0. The summed E-state index contributed by atoms with van der Waals surface area (Å²) < 4.78 is 1.94. The number of hydrogen-bond donors (Lipinski definition) is 1. The molecule has 0 aliphatic carbocycles. The second-order valence-corrected chi connectivity index (χ2v) is 6.73. The van der Waals surface area contributed by atoms with Crippen molar-refractivity contribution in [3.8, 4) is 5.69 Å². The highest BCUT2D eigenvalue weighted by Gasteiger charge is 2.11. The molecular weight excluding hydrogens is 368 g/mol. The molecule has 3 aromatic carbocycles. The van der Waals surface area contributed by atoms with Crippen LogP contribution in [0.5, 0.6) is 0 Å². The van der Waals surface area contributed by atoms with Gasteiger partial charge in [0.25, 0.3) is 0 Å². The van der Waals surface area contributed by atoms with Gasteiger partial charge in [0.15, 0.2) is 0 Å². The van der Waals surface area contributed by atoms with Crippen molar-refractivity contribution >= 4 is 23.0 Å². The first-order valence-electron chi connectivity index (χ1n) is 9.01. The minimum atomic E-state index is 0.621. The Kier molecular flexibility index (Phi) is 5.50. The summed E-state index contributed by atoms with van der Waals surface area (Å²) in [6, 6.07) is 29.7. The summed E-state index contributed by atoms with van der Waals surface area (Å²) in [6.45, 7) is 0. The van der Waals surface area contributed by atoms with Crippen molar-refractivity contribution in [1.29, 1.82) is 0 Å². The molecule has 4 aromatic rings. The fourth-order valence-electron chi connectivity index (χ4n) is 2.93. The number of anilines is 1. The lowest BCUT2D eigenvalue weighted by Crippen LogP contribution is -2.12. The van der Waals surface area contributed by atoms with Gasteiger partial charge in [0.1, 0.15) is 0 Å². The maximum Gasteiger partial charge on any atom is 0.0738 e. The van der Waals surface area contributed by atoms with E-state index in [0.717, 1.165) is 28.3 Å². The standard InChI is InChI=1S/C23H19ClN4/c24-19-13-11-18(12-14-19)23(27-26-20-7-3-1-4-8-20)17-22-15-16-25-28(22)21-9-5-2-6-10-21/h1-16,26H,17H2/b27-23-. The van der Waals surface area contributed by atoms with Crippen molar-refractivity contribution < 1.29 is 0 Å². The van der Waals surface area contributed by atoms with Gasteiger partial charge in [-0.25, -0.2) is 4.68 Å². The molecule has 0 saturated heterocycles. The number of halogens is 1. The number of para-hydroxylation sites is 2. The van der Waals surface area contributed by atoms with E-state index in [2.05, 4.69) is 15.6 Å². The Balaban J connectivity index is 1.67. The minimum absolute atomic E-state index is 0.621. The van der Waals surface area contributed by atoms with Crippen LogP contribution in [0.4, 0.5) is 5.69 Å². The maximum atomic E-state index is 6.07. The average molecular weight is 387 g/mol. The van der Waals surface area contributed by atoms with Gasteiger partial charge in [-0.15, -0.1) is 0 Å². The molecule has 0 saturated carbocycles. The highest BCUT2D eigenvalue weighted by atomic mass is 35.5. The highest BCUT2D eigenvalue weighted by Crippen LogP contribution is 2.16. The van der Waals surface area contributed by atoms with Crippen LogP contribution in [-0.2, 0) is 6.42 Å². The van der Waals surface area contributed by atoms with Gasteiger partial charge in [0.2, 0.25) is 0 Å². The lowest BCUT2D eigenvalue weighted by atomic mass is 10.1. The van der Waals surface area contributed by atoms with E-state index >= 15 is 0 Å². The molecule has 0 aliphatic heterocycles. The van der Waals surface area contributed by atoms with Crippen molar-refractivity contribution in [3.63, 3.8) is 0 Å². The number of hydrogen-bond acceptors (Lipinski definition) is 3. The Morgan fingerprint density at radius 3 is 2.25 bits per heavy atom. The van der Waals surface area contributed by atoms with Crippen molar-refractivity contribution in [2.45, 2.75) is 6.42 Å². The summed E-state index contributed by atoms with van der Waals surface area (Å²) >= 11 is 6.07. The zero-order valence-electron chi connectivity index (χ0n) is 15.2. The normalized spacial score (nSPS) is 11.4. The predicted octanol–water partition coefficient (Wildman–Crippen LogP) is 5.58. The van der Waals surface area contributed by atoms with Gasteiger partial charge in [0.05, 0.1) is 22.8 Å². The first-order chi connectivity index (χ1) is 13.8. The third-order valence-corrected chi connectivity index (χ3v) is 4.59. The summed E-state index contributed by atoms with van der Waals surface area (Å²) in [5.41, 5.74) is 8.07. The monoisotopic (exact) mass is 386 g/mol. The van der Waals surface area contributed by atoms with Crippen molar-refractivity contribution in [2.24, 2.45) is 5.10 Å². The molecule has 0 amide bonds. The number of rotatable bonds is 6. The first kappa shape index (κ1) is 18.0. The van der Waals surface area contributed by atoms with Crippen molar-refractivity contribution in [2.75, 3.05) is 5.43 Å². The summed E-state index contributed by atoms with van der Waals surface area (Å²) in [6.07, 6.45) is 2.43. The number of aromatic nitrogens is 2. The van der Waals surface area contributed by atoms with Crippen LogP contribution < -0.4 is 5.43 Å². The van der Waals surface area contributed by atoms with Crippen LogP contribution >= 0.6 is 11.6 Å². The van der Waals surface area contributed by atoms with E-state index in [4.69, 9.17) is 11.6 Å². The van der Waals surface area contributed by atoms with Crippen LogP contribution in [0.2, 0.25) is 5.02 Å². The van der Waals surface area contributed by atoms with Crippen LogP contribution in [0.25, 0.3) is 5.69 Å². The molecule has 4 rings (SSSR count). The molecule has 0 unspecified atom stereocenters. The fraction of sp³-hybridized carbons (Fsp3) is 0.0435.